The maximum absolute atomic E-state index is 12.2. The number of allylic oxidation sites excluding steroid dienone is 1. The van der Waals surface area contributed by atoms with Crippen LogP contribution in [0.4, 0.5) is 0 Å². The molecule has 0 N–H and O–H groups in total. The van der Waals surface area contributed by atoms with Crippen LogP contribution < -0.4 is 0 Å². The number of rotatable bonds is 15. The van der Waals surface area contributed by atoms with E-state index in [1.807, 2.05) is 0 Å². The average molecular weight is 513 g/mol. The summed E-state index contributed by atoms with van der Waals surface area (Å²) in [7, 11) is -1.33. The Bertz CT molecular complexity index is 489. The standard InChI is InChI=1S/C12H19O2Si.3C4H9.Sn/c1-5-6-9-12(13)14-10-7-8-11-15(2,3)4;3*1-3-4-2;/h1,6-7,9-10H2,2-4H3;3*1,3-4H2,2H3;. The van der Waals surface area contributed by atoms with Crippen LogP contribution in [0.15, 0.2) is 10.2 Å². The first kappa shape index (κ1) is 27.8. The second kappa shape index (κ2) is 15.6. The normalized spacial score (nSPS) is 11.6. The van der Waals surface area contributed by atoms with E-state index < -0.39 is 26.5 Å². The molecule has 28 heavy (non-hydrogen) atoms. The summed E-state index contributed by atoms with van der Waals surface area (Å²) < 4.78 is 11.2. The summed E-state index contributed by atoms with van der Waals surface area (Å²) in [4.78, 5) is 12.2. The van der Waals surface area contributed by atoms with Gasteiger partial charge in [-0.05, 0) is 0 Å². The number of ether oxygens (including phenoxy) is 1. The molecule has 0 aromatic carbocycles. The van der Waals surface area contributed by atoms with Gasteiger partial charge in [0, 0.05) is 0 Å². The van der Waals surface area contributed by atoms with Gasteiger partial charge < -0.3 is 0 Å². The van der Waals surface area contributed by atoms with Gasteiger partial charge in [-0.25, -0.2) is 0 Å². The first-order valence-corrected chi connectivity index (χ1v) is 22.5. The monoisotopic (exact) mass is 514 g/mol. The van der Waals surface area contributed by atoms with Crippen LogP contribution in [0.5, 0.6) is 0 Å². The summed E-state index contributed by atoms with van der Waals surface area (Å²) in [5, 5.41) is 0. The summed E-state index contributed by atoms with van der Waals surface area (Å²) in [5.74, 6) is 3.09. The van der Waals surface area contributed by atoms with Crippen molar-refractivity contribution in [3.05, 3.63) is 10.2 Å². The molecule has 0 aromatic heterocycles. The minimum atomic E-state index is -2.40. The van der Waals surface area contributed by atoms with Crippen molar-refractivity contribution in [3.63, 3.8) is 0 Å². The van der Waals surface area contributed by atoms with E-state index in [2.05, 4.69) is 58.5 Å². The van der Waals surface area contributed by atoms with Crippen LogP contribution in [0.2, 0.25) is 33.0 Å². The molecule has 0 fully saturated rings. The Kier molecular flexibility index (Phi) is 15.5. The molecule has 0 aliphatic carbocycles. The summed E-state index contributed by atoms with van der Waals surface area (Å²) in [6.07, 6.45) is 9.83. The number of carbonyl (C=O) groups excluding carboxylic acids is 1. The molecule has 4 heteroatoms. The summed E-state index contributed by atoms with van der Waals surface area (Å²) >= 11 is -2.40. The van der Waals surface area contributed by atoms with Gasteiger partial charge in [0.05, 0.1) is 0 Å². The van der Waals surface area contributed by atoms with Gasteiger partial charge in [0.25, 0.3) is 0 Å². The Hall–Kier alpha value is -0.214. The van der Waals surface area contributed by atoms with Crippen LogP contribution in [0.3, 0.4) is 0 Å². The van der Waals surface area contributed by atoms with E-state index in [-0.39, 0.29) is 5.97 Å². The predicted octanol–water partition coefficient (Wildman–Crippen LogP) is 7.53. The molecular formula is C24H46O2SiSn. The van der Waals surface area contributed by atoms with E-state index in [1.165, 1.54) is 55.4 Å². The third-order valence-electron chi connectivity index (χ3n) is 5.36. The van der Waals surface area contributed by atoms with Gasteiger partial charge >= 0.3 is 182 Å². The van der Waals surface area contributed by atoms with Crippen LogP contribution in [0.25, 0.3) is 0 Å². The van der Waals surface area contributed by atoms with E-state index in [1.54, 1.807) is 0 Å². The van der Waals surface area contributed by atoms with Gasteiger partial charge in [0.15, 0.2) is 0 Å². The zero-order chi connectivity index (χ0) is 21.5. The average Bonchev–Trinajstić information content (AvgIpc) is 2.64. The summed E-state index contributed by atoms with van der Waals surface area (Å²) in [6, 6.07) is 0. The molecule has 0 aliphatic heterocycles. The van der Waals surface area contributed by atoms with E-state index >= 15 is 0 Å². The first-order chi connectivity index (χ1) is 13.2. The molecular weight excluding hydrogens is 467 g/mol. The molecule has 0 amide bonds. The van der Waals surface area contributed by atoms with E-state index in [9.17, 15) is 4.79 Å². The fourth-order valence-corrected chi connectivity index (χ4v) is 20.1. The van der Waals surface area contributed by atoms with Crippen molar-refractivity contribution in [2.75, 3.05) is 6.61 Å². The van der Waals surface area contributed by atoms with Crippen LogP contribution in [-0.4, -0.2) is 39.0 Å². The quantitative estimate of drug-likeness (QED) is 0.0980. The van der Waals surface area contributed by atoms with Crippen LogP contribution >= 0.6 is 0 Å². The van der Waals surface area contributed by atoms with Crippen LogP contribution in [-0.2, 0) is 9.53 Å². The van der Waals surface area contributed by atoms with Gasteiger partial charge in [-0.15, -0.1) is 0 Å². The number of carbonyl (C=O) groups is 1. The molecule has 0 unspecified atom stereocenters. The maximum atomic E-state index is 12.2. The minimum absolute atomic E-state index is 0.0717. The molecule has 0 atom stereocenters. The molecule has 0 saturated heterocycles. The predicted molar refractivity (Wildman–Crippen MR) is 130 cm³/mol. The van der Waals surface area contributed by atoms with Gasteiger partial charge in [-0.3, -0.25) is 0 Å². The molecule has 162 valence electrons. The van der Waals surface area contributed by atoms with Gasteiger partial charge in [0.1, 0.15) is 0 Å². The number of esters is 1. The Morgan fingerprint density at radius 1 is 0.929 bits per heavy atom. The van der Waals surface area contributed by atoms with Crippen molar-refractivity contribution in [1.82, 2.24) is 0 Å². The zero-order valence-corrected chi connectivity index (χ0v) is 23.6. The molecule has 0 rings (SSSR count). The second-order valence-electron chi connectivity index (χ2n) is 9.22. The summed E-state index contributed by atoms with van der Waals surface area (Å²) in [5.41, 5.74) is 3.32. The Labute approximate surface area is 181 Å². The van der Waals surface area contributed by atoms with Gasteiger partial charge in [-0.2, -0.15) is 0 Å². The van der Waals surface area contributed by atoms with Crippen molar-refractivity contribution in [1.29, 1.82) is 0 Å². The molecule has 0 radical (unpaired) electrons. The van der Waals surface area contributed by atoms with Crippen molar-refractivity contribution in [2.45, 2.75) is 112 Å². The molecule has 0 bridgehead atoms. The van der Waals surface area contributed by atoms with Crippen molar-refractivity contribution >= 4 is 32.4 Å². The fourth-order valence-electron chi connectivity index (χ4n) is 3.58. The molecule has 0 spiro atoms. The number of unbranched alkanes of at least 4 members (excludes halogenated alkanes) is 3. The van der Waals surface area contributed by atoms with Crippen molar-refractivity contribution < 1.29 is 9.53 Å². The second-order valence-corrected chi connectivity index (χ2v) is 27.6. The SMILES string of the molecule is C=[C](CCC(=O)OCCC#C[Si](C)(C)C)[Sn]([CH2]CCC)([CH2]CCC)[CH2]CCC. The molecule has 0 saturated carbocycles. The van der Waals surface area contributed by atoms with Crippen molar-refractivity contribution in [2.24, 2.45) is 0 Å². The number of hydrogen-bond acceptors (Lipinski definition) is 2. The van der Waals surface area contributed by atoms with Gasteiger partial charge in [0.2, 0.25) is 0 Å². The van der Waals surface area contributed by atoms with E-state index in [0.717, 1.165) is 6.42 Å². The topological polar surface area (TPSA) is 26.3 Å². The molecule has 0 heterocycles. The zero-order valence-electron chi connectivity index (χ0n) is 19.7. The summed E-state index contributed by atoms with van der Waals surface area (Å²) in [6.45, 7) is 18.6. The van der Waals surface area contributed by atoms with Crippen molar-refractivity contribution in [3.8, 4) is 11.5 Å². The molecule has 0 aliphatic rings. The van der Waals surface area contributed by atoms with Gasteiger partial charge in [-0.1, -0.05) is 0 Å². The third kappa shape index (κ3) is 13.1. The Balaban J connectivity index is 4.68. The number of hydrogen-bond donors (Lipinski definition) is 0. The van der Waals surface area contributed by atoms with E-state index in [0.29, 0.717) is 19.4 Å². The fraction of sp³-hybridized carbons (Fsp3) is 0.792. The Morgan fingerprint density at radius 3 is 1.86 bits per heavy atom. The molecule has 2 nitrogen and oxygen atoms in total. The van der Waals surface area contributed by atoms with Crippen LogP contribution in [0.1, 0.15) is 78.6 Å². The molecule has 0 aromatic rings. The first-order valence-electron chi connectivity index (χ1n) is 11.5. The van der Waals surface area contributed by atoms with Crippen LogP contribution in [0, 0.1) is 11.5 Å². The Morgan fingerprint density at radius 2 is 1.43 bits per heavy atom. The third-order valence-corrected chi connectivity index (χ3v) is 22.5. The van der Waals surface area contributed by atoms with E-state index in [4.69, 9.17) is 4.74 Å².